The van der Waals surface area contributed by atoms with E-state index in [1.807, 2.05) is 66.2 Å². The highest BCUT2D eigenvalue weighted by molar-refractivity contribution is 6.68. The smallest absolute Gasteiger partial charge is 0.423 e. The molecular weight excluding hydrogens is 421 g/mol. The van der Waals surface area contributed by atoms with Crippen LogP contribution in [0, 0.1) is 0 Å². The summed E-state index contributed by atoms with van der Waals surface area (Å²) in [5, 5.41) is 0.997. The maximum absolute atomic E-state index is 12.5. The van der Waals surface area contributed by atoms with Crippen molar-refractivity contribution in [1.29, 1.82) is 0 Å². The van der Waals surface area contributed by atoms with Crippen molar-refractivity contribution in [2.45, 2.75) is 29.7 Å². The molecule has 1 aromatic heterocycles. The van der Waals surface area contributed by atoms with Gasteiger partial charge in [-0.25, -0.2) is 4.79 Å². The minimum Gasteiger partial charge on any atom is -0.423 e. The van der Waals surface area contributed by atoms with Crippen molar-refractivity contribution < 1.29 is 14.3 Å². The fraction of sp³-hybridized carbons (Fsp3) is 0.286. The molecule has 3 aromatic rings. The first-order valence-electron chi connectivity index (χ1n) is 8.68. The van der Waals surface area contributed by atoms with Gasteiger partial charge in [0.1, 0.15) is 0 Å². The van der Waals surface area contributed by atoms with E-state index in [9.17, 15) is 4.79 Å². The number of fused-ring (bicyclic) bond motifs is 1. The molecule has 0 bridgehead atoms. The van der Waals surface area contributed by atoms with Crippen LogP contribution in [0.5, 0.6) is 5.88 Å². The molecule has 4 nitrogen and oxygen atoms in total. The molecular formula is C21H20Cl3NO3. The standard InChI is InChI=1S/C21H20Cl3NO3/c1-20(2,21(22,23)24)28-19(26)27-18-16(13-14-9-5-4-6-10-14)15-11-7-8-12-17(15)25(18)3/h4-12H,13H2,1-3H3. The van der Waals surface area contributed by atoms with Crippen LogP contribution in [0.2, 0.25) is 0 Å². The number of benzene rings is 2. The molecule has 28 heavy (non-hydrogen) atoms. The average Bonchev–Trinajstić information content (AvgIpc) is 2.87. The van der Waals surface area contributed by atoms with Gasteiger partial charge in [-0.2, -0.15) is 0 Å². The van der Waals surface area contributed by atoms with Crippen LogP contribution in [0.3, 0.4) is 0 Å². The van der Waals surface area contributed by atoms with Gasteiger partial charge in [-0.1, -0.05) is 83.3 Å². The van der Waals surface area contributed by atoms with Crippen molar-refractivity contribution in [1.82, 2.24) is 4.57 Å². The number of halogens is 3. The average molecular weight is 441 g/mol. The summed E-state index contributed by atoms with van der Waals surface area (Å²) in [4.78, 5) is 12.5. The predicted octanol–water partition coefficient (Wildman–Crippen LogP) is 6.43. The highest BCUT2D eigenvalue weighted by atomic mass is 35.6. The van der Waals surface area contributed by atoms with E-state index in [0.717, 1.165) is 22.0 Å². The number of hydrogen-bond acceptors (Lipinski definition) is 3. The molecule has 148 valence electrons. The fourth-order valence-electron chi connectivity index (χ4n) is 2.92. The second kappa shape index (κ2) is 7.86. The molecule has 0 N–H and O–H groups in total. The monoisotopic (exact) mass is 439 g/mol. The van der Waals surface area contributed by atoms with E-state index in [1.165, 1.54) is 13.8 Å². The SMILES string of the molecule is Cn1c(OC(=O)OC(C)(C)C(Cl)(Cl)Cl)c(Cc2ccccc2)c2ccccc21. The Bertz CT molecular complexity index is 991. The van der Waals surface area contributed by atoms with Gasteiger partial charge in [0.15, 0.2) is 5.60 Å². The molecule has 0 saturated heterocycles. The van der Waals surface area contributed by atoms with Crippen LogP contribution in [0.4, 0.5) is 4.79 Å². The Kier molecular flexibility index (Phi) is 5.85. The lowest BCUT2D eigenvalue weighted by Gasteiger charge is -2.31. The lowest BCUT2D eigenvalue weighted by molar-refractivity contribution is 0.01000. The first kappa shape index (κ1) is 20.8. The summed E-state index contributed by atoms with van der Waals surface area (Å²) in [7, 11) is 1.83. The van der Waals surface area contributed by atoms with Gasteiger partial charge < -0.3 is 14.0 Å². The van der Waals surface area contributed by atoms with Gasteiger partial charge in [-0.15, -0.1) is 0 Å². The second-order valence-corrected chi connectivity index (χ2v) is 9.27. The Morgan fingerprint density at radius 1 is 1.00 bits per heavy atom. The maximum Gasteiger partial charge on any atom is 0.515 e. The second-order valence-electron chi connectivity index (χ2n) is 6.98. The lowest BCUT2D eigenvalue weighted by atomic mass is 10.0. The van der Waals surface area contributed by atoms with Crippen molar-refractivity contribution >= 4 is 51.9 Å². The van der Waals surface area contributed by atoms with Gasteiger partial charge in [0.25, 0.3) is 0 Å². The molecule has 0 unspecified atom stereocenters. The van der Waals surface area contributed by atoms with Gasteiger partial charge in [-0.05, 0) is 25.5 Å². The zero-order valence-electron chi connectivity index (χ0n) is 15.7. The highest BCUT2D eigenvalue weighted by Crippen LogP contribution is 2.41. The number of carbonyl (C=O) groups excluding carboxylic acids is 1. The third-order valence-corrected chi connectivity index (χ3v) is 5.94. The number of aromatic nitrogens is 1. The number of nitrogens with zero attached hydrogens (tertiary/aromatic N) is 1. The first-order chi connectivity index (χ1) is 13.1. The molecule has 3 rings (SSSR count). The Morgan fingerprint density at radius 3 is 2.25 bits per heavy atom. The molecule has 0 amide bonds. The van der Waals surface area contributed by atoms with E-state index < -0.39 is 15.5 Å². The van der Waals surface area contributed by atoms with Gasteiger partial charge >= 0.3 is 6.16 Å². The summed E-state index contributed by atoms with van der Waals surface area (Å²) in [6.07, 6.45) is -0.338. The minimum absolute atomic E-state index is 0.398. The Labute approximate surface area is 178 Å². The normalized spacial score (nSPS) is 12.2. The van der Waals surface area contributed by atoms with Crippen LogP contribution in [-0.4, -0.2) is 20.1 Å². The molecule has 0 saturated carbocycles. The summed E-state index contributed by atoms with van der Waals surface area (Å²) < 4.78 is 10.9. The third kappa shape index (κ3) is 4.24. The van der Waals surface area contributed by atoms with Crippen LogP contribution >= 0.6 is 34.8 Å². The molecule has 0 fully saturated rings. The first-order valence-corrected chi connectivity index (χ1v) is 9.81. The van der Waals surface area contributed by atoms with Gasteiger partial charge in [0.2, 0.25) is 9.67 Å². The molecule has 0 aliphatic heterocycles. The molecule has 0 atom stereocenters. The minimum atomic E-state index is -1.79. The molecule has 0 radical (unpaired) electrons. The summed E-state index contributed by atoms with van der Waals surface area (Å²) in [6.45, 7) is 3.02. The van der Waals surface area contributed by atoms with Crippen molar-refractivity contribution in [2.75, 3.05) is 0 Å². The van der Waals surface area contributed by atoms with E-state index in [-0.39, 0.29) is 0 Å². The van der Waals surface area contributed by atoms with Crippen LogP contribution in [0.25, 0.3) is 10.9 Å². The molecule has 2 aromatic carbocycles. The Balaban J connectivity index is 1.97. The van der Waals surface area contributed by atoms with E-state index >= 15 is 0 Å². The van der Waals surface area contributed by atoms with Crippen LogP contribution in [-0.2, 0) is 18.2 Å². The zero-order chi connectivity index (χ0) is 20.5. The van der Waals surface area contributed by atoms with Crippen molar-refractivity contribution in [3.05, 3.63) is 65.7 Å². The van der Waals surface area contributed by atoms with Crippen LogP contribution in [0.1, 0.15) is 25.0 Å². The van der Waals surface area contributed by atoms with E-state index in [0.29, 0.717) is 12.3 Å². The number of carbonyl (C=O) groups is 1. The largest absolute Gasteiger partial charge is 0.515 e. The fourth-order valence-corrected chi connectivity index (χ4v) is 3.03. The van der Waals surface area contributed by atoms with Gasteiger partial charge in [0, 0.05) is 24.4 Å². The van der Waals surface area contributed by atoms with Crippen molar-refractivity contribution in [3.8, 4) is 5.88 Å². The summed E-state index contributed by atoms with van der Waals surface area (Å²) in [6, 6.07) is 17.8. The van der Waals surface area contributed by atoms with Crippen molar-refractivity contribution in [2.24, 2.45) is 7.05 Å². The van der Waals surface area contributed by atoms with E-state index in [1.54, 1.807) is 0 Å². The number of aryl methyl sites for hydroxylation is 1. The molecule has 0 aliphatic carbocycles. The number of para-hydroxylation sites is 1. The summed E-state index contributed by atoms with van der Waals surface area (Å²) >= 11 is 17.7. The number of rotatable bonds is 4. The number of hydrogen-bond donors (Lipinski definition) is 0. The van der Waals surface area contributed by atoms with Crippen molar-refractivity contribution in [3.63, 3.8) is 0 Å². The lowest BCUT2D eigenvalue weighted by Crippen LogP contribution is -2.42. The van der Waals surface area contributed by atoms with Gasteiger partial charge in [0.05, 0.1) is 5.52 Å². The molecule has 0 aliphatic rings. The molecule has 7 heteroatoms. The highest BCUT2D eigenvalue weighted by Gasteiger charge is 2.44. The number of ether oxygens (including phenoxy) is 2. The summed E-state index contributed by atoms with van der Waals surface area (Å²) in [5.74, 6) is 0.398. The maximum atomic E-state index is 12.5. The van der Waals surface area contributed by atoms with Crippen LogP contribution < -0.4 is 4.74 Å². The van der Waals surface area contributed by atoms with E-state index in [2.05, 4.69) is 0 Å². The quantitative estimate of drug-likeness (QED) is 0.346. The van der Waals surface area contributed by atoms with Crippen LogP contribution in [0.15, 0.2) is 54.6 Å². The van der Waals surface area contributed by atoms with Gasteiger partial charge in [-0.3, -0.25) is 0 Å². The Hall–Kier alpha value is -1.88. The predicted molar refractivity (Wildman–Crippen MR) is 114 cm³/mol. The molecule has 0 spiro atoms. The van der Waals surface area contributed by atoms with E-state index in [4.69, 9.17) is 44.3 Å². The topological polar surface area (TPSA) is 40.5 Å². The number of alkyl halides is 3. The Morgan fingerprint density at radius 2 is 1.61 bits per heavy atom. The zero-order valence-corrected chi connectivity index (χ0v) is 18.0. The summed E-state index contributed by atoms with van der Waals surface area (Å²) in [5.41, 5.74) is 1.56. The molecule has 1 heterocycles. The third-order valence-electron chi connectivity index (χ3n) is 4.58.